The van der Waals surface area contributed by atoms with Crippen LogP contribution in [0.2, 0.25) is 0 Å². The van der Waals surface area contributed by atoms with Crippen molar-refractivity contribution < 1.29 is 13.9 Å². The number of alkyl halides is 1. The Bertz CT molecular complexity index is 402. The summed E-state index contributed by atoms with van der Waals surface area (Å²) in [6, 6.07) is 4.15. The summed E-state index contributed by atoms with van der Waals surface area (Å²) in [6.45, 7) is 3.45. The number of carbonyl (C=O) groups excluding carboxylic acids is 1. The summed E-state index contributed by atoms with van der Waals surface area (Å²) in [5.74, 6) is -0.401. The van der Waals surface area contributed by atoms with E-state index >= 15 is 0 Å². The van der Waals surface area contributed by atoms with Gasteiger partial charge in [-0.2, -0.15) is 0 Å². The van der Waals surface area contributed by atoms with E-state index in [1.165, 1.54) is 19.2 Å². The molecule has 0 saturated heterocycles. The average molecular weight is 245 g/mol. The van der Waals surface area contributed by atoms with Gasteiger partial charge in [0.2, 0.25) is 0 Å². The monoisotopic (exact) mass is 244 g/mol. The summed E-state index contributed by atoms with van der Waals surface area (Å²) in [4.78, 5) is 12.0. The Labute approximate surface area is 99.4 Å². The normalized spacial score (nSPS) is 11.3. The molecular weight excluding hydrogens is 231 g/mol. The van der Waals surface area contributed by atoms with Crippen LogP contribution >= 0.6 is 11.6 Å². The maximum Gasteiger partial charge on any atom is 0.169 e. The fraction of sp³-hybridized carbons (Fsp3) is 0.417. The number of ketones is 1. The van der Waals surface area contributed by atoms with Gasteiger partial charge in [0.15, 0.2) is 17.3 Å². The molecule has 1 rings (SSSR count). The van der Waals surface area contributed by atoms with E-state index in [1.54, 1.807) is 19.9 Å². The number of carbonyl (C=O) groups is 1. The van der Waals surface area contributed by atoms with Crippen LogP contribution in [0.1, 0.15) is 24.2 Å². The third-order valence-electron chi connectivity index (χ3n) is 2.36. The topological polar surface area (TPSA) is 26.3 Å². The molecule has 0 atom stereocenters. The Morgan fingerprint density at radius 1 is 1.50 bits per heavy atom. The Morgan fingerprint density at radius 2 is 2.12 bits per heavy atom. The van der Waals surface area contributed by atoms with Gasteiger partial charge in [-0.1, -0.05) is 13.8 Å². The molecule has 0 unspecified atom stereocenters. The first kappa shape index (κ1) is 13.0. The molecule has 16 heavy (non-hydrogen) atoms. The lowest BCUT2D eigenvalue weighted by molar-refractivity contribution is 0.0861. The van der Waals surface area contributed by atoms with Gasteiger partial charge in [0.1, 0.15) is 0 Å². The fourth-order valence-electron chi connectivity index (χ4n) is 1.26. The van der Waals surface area contributed by atoms with Gasteiger partial charge in [-0.15, -0.1) is 11.6 Å². The second-order valence-electron chi connectivity index (χ2n) is 4.20. The molecule has 2 nitrogen and oxygen atoms in total. The van der Waals surface area contributed by atoms with Gasteiger partial charge in [-0.05, 0) is 18.2 Å². The van der Waals surface area contributed by atoms with E-state index in [0.717, 1.165) is 0 Å². The zero-order valence-electron chi connectivity index (χ0n) is 9.51. The van der Waals surface area contributed by atoms with Gasteiger partial charge >= 0.3 is 0 Å². The lowest BCUT2D eigenvalue weighted by Crippen LogP contribution is -2.26. The molecule has 0 aliphatic heterocycles. The molecular formula is C12H14ClFO2. The minimum atomic E-state index is -0.692. The second kappa shape index (κ2) is 4.83. The van der Waals surface area contributed by atoms with Gasteiger partial charge in [0.05, 0.1) is 7.11 Å². The highest BCUT2D eigenvalue weighted by Crippen LogP contribution is 2.26. The van der Waals surface area contributed by atoms with Gasteiger partial charge in [-0.25, -0.2) is 4.39 Å². The summed E-state index contributed by atoms with van der Waals surface area (Å²) in [7, 11) is 1.38. The van der Waals surface area contributed by atoms with Crippen molar-refractivity contribution in [1.82, 2.24) is 0 Å². The number of benzene rings is 1. The smallest absolute Gasteiger partial charge is 0.169 e. The second-order valence-corrected chi connectivity index (χ2v) is 4.46. The van der Waals surface area contributed by atoms with E-state index in [-0.39, 0.29) is 17.4 Å². The fourth-order valence-corrected chi connectivity index (χ4v) is 1.38. The van der Waals surface area contributed by atoms with E-state index in [4.69, 9.17) is 16.3 Å². The van der Waals surface area contributed by atoms with Crippen molar-refractivity contribution in [2.75, 3.05) is 13.0 Å². The van der Waals surface area contributed by atoms with E-state index in [0.29, 0.717) is 5.56 Å². The van der Waals surface area contributed by atoms with E-state index in [2.05, 4.69) is 0 Å². The molecule has 0 radical (unpaired) electrons. The van der Waals surface area contributed by atoms with Crippen molar-refractivity contribution in [3.8, 4) is 5.75 Å². The SMILES string of the molecule is COc1ccc(C(=O)C(C)(C)CCl)cc1F. The third-order valence-corrected chi connectivity index (χ3v) is 3.03. The van der Waals surface area contributed by atoms with Crippen LogP contribution in [0.5, 0.6) is 5.75 Å². The molecule has 1 aromatic carbocycles. The van der Waals surface area contributed by atoms with Crippen LogP contribution in [0.4, 0.5) is 4.39 Å². The first-order valence-corrected chi connectivity index (χ1v) is 5.40. The average Bonchev–Trinajstić information content (AvgIpc) is 2.27. The van der Waals surface area contributed by atoms with Crippen LogP contribution in [0.15, 0.2) is 18.2 Å². The van der Waals surface area contributed by atoms with Crippen molar-refractivity contribution in [2.24, 2.45) is 5.41 Å². The number of hydrogen-bond acceptors (Lipinski definition) is 2. The van der Waals surface area contributed by atoms with Gasteiger partial charge in [0, 0.05) is 16.9 Å². The number of methoxy groups -OCH3 is 1. The van der Waals surface area contributed by atoms with Crippen LogP contribution in [0, 0.1) is 11.2 Å². The Hall–Kier alpha value is -1.09. The minimum absolute atomic E-state index is 0.125. The number of ether oxygens (including phenoxy) is 1. The maximum absolute atomic E-state index is 13.4. The standard InChI is InChI=1S/C12H14ClFO2/c1-12(2,7-13)11(15)8-4-5-10(16-3)9(14)6-8/h4-6H,7H2,1-3H3. The van der Waals surface area contributed by atoms with Crippen molar-refractivity contribution in [3.05, 3.63) is 29.6 Å². The van der Waals surface area contributed by atoms with E-state index in [1.807, 2.05) is 0 Å². The Kier molecular flexibility index (Phi) is 3.92. The van der Waals surface area contributed by atoms with Gasteiger partial charge in [0.25, 0.3) is 0 Å². The molecule has 0 aromatic heterocycles. The van der Waals surface area contributed by atoms with E-state index in [9.17, 15) is 9.18 Å². The molecule has 0 bridgehead atoms. The summed E-state index contributed by atoms with van der Waals surface area (Å²) < 4.78 is 18.2. The Morgan fingerprint density at radius 3 is 2.56 bits per heavy atom. The van der Waals surface area contributed by atoms with Crippen molar-refractivity contribution >= 4 is 17.4 Å². The molecule has 88 valence electrons. The molecule has 1 aromatic rings. The van der Waals surface area contributed by atoms with Gasteiger partial charge in [-0.3, -0.25) is 4.79 Å². The third kappa shape index (κ3) is 2.53. The lowest BCUT2D eigenvalue weighted by atomic mass is 9.86. The predicted octanol–water partition coefficient (Wildman–Crippen LogP) is 3.28. The van der Waals surface area contributed by atoms with Crippen LogP contribution in [0.3, 0.4) is 0 Å². The molecule has 0 N–H and O–H groups in total. The maximum atomic E-state index is 13.4. The van der Waals surface area contributed by atoms with Crippen LogP contribution in [-0.2, 0) is 0 Å². The summed E-state index contributed by atoms with van der Waals surface area (Å²) in [5.41, 5.74) is -0.383. The lowest BCUT2D eigenvalue weighted by Gasteiger charge is -2.19. The van der Waals surface area contributed by atoms with Crippen molar-refractivity contribution in [2.45, 2.75) is 13.8 Å². The predicted molar refractivity (Wildman–Crippen MR) is 61.8 cm³/mol. The number of hydrogen-bond donors (Lipinski definition) is 0. The van der Waals surface area contributed by atoms with Crippen LogP contribution in [0.25, 0.3) is 0 Å². The minimum Gasteiger partial charge on any atom is -0.494 e. The molecule has 0 saturated carbocycles. The highest BCUT2D eigenvalue weighted by Gasteiger charge is 2.28. The molecule has 0 amide bonds. The highest BCUT2D eigenvalue weighted by molar-refractivity contribution is 6.21. The number of Topliss-reactive ketones (excluding diaryl/α,β-unsaturated/α-hetero) is 1. The Balaban J connectivity index is 3.07. The summed E-state index contributed by atoms with van der Waals surface area (Å²) in [5, 5.41) is 0. The summed E-state index contributed by atoms with van der Waals surface area (Å²) in [6.07, 6.45) is 0. The van der Waals surface area contributed by atoms with Gasteiger partial charge < -0.3 is 4.74 Å². The quantitative estimate of drug-likeness (QED) is 0.600. The first-order valence-electron chi connectivity index (χ1n) is 4.86. The largest absolute Gasteiger partial charge is 0.494 e. The van der Waals surface area contributed by atoms with Crippen molar-refractivity contribution in [3.63, 3.8) is 0 Å². The first-order chi connectivity index (χ1) is 7.42. The zero-order valence-corrected chi connectivity index (χ0v) is 10.3. The molecule has 0 heterocycles. The summed E-state index contributed by atoms with van der Waals surface area (Å²) >= 11 is 5.70. The zero-order chi connectivity index (χ0) is 12.3. The number of rotatable bonds is 4. The molecule has 0 aliphatic carbocycles. The van der Waals surface area contributed by atoms with Crippen LogP contribution < -0.4 is 4.74 Å². The molecule has 0 spiro atoms. The molecule has 4 heteroatoms. The number of halogens is 2. The van der Waals surface area contributed by atoms with Crippen LogP contribution in [-0.4, -0.2) is 18.8 Å². The highest BCUT2D eigenvalue weighted by atomic mass is 35.5. The van der Waals surface area contributed by atoms with E-state index < -0.39 is 11.2 Å². The van der Waals surface area contributed by atoms with Crippen molar-refractivity contribution in [1.29, 1.82) is 0 Å². The molecule has 0 fully saturated rings. The molecule has 0 aliphatic rings.